The highest BCUT2D eigenvalue weighted by molar-refractivity contribution is 7.15. The molecule has 1 unspecified atom stereocenters. The number of thiazole rings is 1. The third-order valence-corrected chi connectivity index (χ3v) is 7.41. The van der Waals surface area contributed by atoms with Crippen molar-refractivity contribution in [1.82, 2.24) is 4.98 Å². The standard InChI is InChI=1S/C21H19F2NO4S/c1-2-13-17(16-18(25)14-11-7-8-12(28-11)15(14)19(16)26)24-20(29-13)9-3-5-10(6-4-9)27-21(22)23/h3-6,11-12,14-16,21H,2,7-8H2,1H3/t11-,12+,14+,15-,16?. The van der Waals surface area contributed by atoms with Gasteiger partial charge in [-0.2, -0.15) is 8.78 Å². The lowest BCUT2D eigenvalue weighted by molar-refractivity contribution is -0.127. The molecular formula is C21H19F2NO4S. The zero-order valence-corrected chi connectivity index (χ0v) is 16.5. The van der Waals surface area contributed by atoms with E-state index in [2.05, 4.69) is 9.72 Å². The minimum absolute atomic E-state index is 0.0561. The number of ketones is 2. The first-order valence-corrected chi connectivity index (χ1v) is 10.6. The van der Waals surface area contributed by atoms with Crippen LogP contribution in [0.25, 0.3) is 10.6 Å². The summed E-state index contributed by atoms with van der Waals surface area (Å²) >= 11 is 1.43. The molecule has 2 aromatic rings. The van der Waals surface area contributed by atoms with Crippen LogP contribution in [-0.4, -0.2) is 35.4 Å². The van der Waals surface area contributed by atoms with E-state index in [0.29, 0.717) is 17.1 Å². The Morgan fingerprint density at radius 3 is 2.31 bits per heavy atom. The van der Waals surface area contributed by atoms with Gasteiger partial charge in [0.15, 0.2) is 11.6 Å². The minimum atomic E-state index is -2.88. The minimum Gasteiger partial charge on any atom is -0.435 e. The second-order valence-corrected chi connectivity index (χ2v) is 8.75. The number of fused-ring (bicyclic) bond motifs is 5. The highest BCUT2D eigenvalue weighted by Gasteiger charge is 2.63. The molecule has 3 heterocycles. The summed E-state index contributed by atoms with van der Waals surface area (Å²) in [7, 11) is 0. The summed E-state index contributed by atoms with van der Waals surface area (Å²) in [6.45, 7) is -0.908. The topological polar surface area (TPSA) is 65.5 Å². The summed E-state index contributed by atoms with van der Waals surface area (Å²) in [6.07, 6.45) is 2.09. The molecule has 0 spiro atoms. The Kier molecular flexibility index (Phi) is 4.51. The largest absolute Gasteiger partial charge is 0.435 e. The number of hydrogen-bond acceptors (Lipinski definition) is 6. The Morgan fingerprint density at radius 1 is 1.14 bits per heavy atom. The fourth-order valence-electron chi connectivity index (χ4n) is 4.94. The van der Waals surface area contributed by atoms with Gasteiger partial charge >= 0.3 is 6.61 Å². The Labute approximate surface area is 170 Å². The molecule has 2 saturated heterocycles. The second-order valence-electron chi connectivity index (χ2n) is 7.66. The Balaban J connectivity index is 1.47. The van der Waals surface area contributed by atoms with E-state index in [1.165, 1.54) is 23.5 Å². The number of nitrogens with zero attached hydrogens (tertiary/aromatic N) is 1. The van der Waals surface area contributed by atoms with E-state index >= 15 is 0 Å². The Morgan fingerprint density at radius 2 is 1.76 bits per heavy atom. The van der Waals surface area contributed by atoms with E-state index in [9.17, 15) is 18.4 Å². The van der Waals surface area contributed by atoms with Crippen molar-refractivity contribution < 1.29 is 27.8 Å². The van der Waals surface area contributed by atoms with Gasteiger partial charge in [0, 0.05) is 10.4 Å². The number of Topliss-reactive ketones (excluding diaryl/α,β-unsaturated/α-hetero) is 2. The third-order valence-electron chi connectivity index (χ3n) is 6.15. The monoisotopic (exact) mass is 419 g/mol. The van der Waals surface area contributed by atoms with Crippen molar-refractivity contribution in [2.75, 3.05) is 0 Å². The van der Waals surface area contributed by atoms with Crippen LogP contribution in [0.3, 0.4) is 0 Å². The van der Waals surface area contributed by atoms with Gasteiger partial charge in [-0.05, 0) is 43.5 Å². The van der Waals surface area contributed by atoms with Crippen LogP contribution in [-0.2, 0) is 20.7 Å². The number of halogens is 2. The summed E-state index contributed by atoms with van der Waals surface area (Å²) in [5, 5.41) is 0.664. The van der Waals surface area contributed by atoms with Gasteiger partial charge in [0.1, 0.15) is 16.7 Å². The van der Waals surface area contributed by atoms with Gasteiger partial charge in [-0.25, -0.2) is 4.98 Å². The smallest absolute Gasteiger partial charge is 0.387 e. The van der Waals surface area contributed by atoms with Gasteiger partial charge in [-0.1, -0.05) is 6.92 Å². The molecular weight excluding hydrogens is 400 g/mol. The number of alkyl halides is 2. The van der Waals surface area contributed by atoms with Crippen molar-refractivity contribution in [2.24, 2.45) is 11.8 Å². The van der Waals surface area contributed by atoms with Gasteiger partial charge in [0.05, 0.1) is 29.7 Å². The summed E-state index contributed by atoms with van der Waals surface area (Å²) < 4.78 is 34.9. The van der Waals surface area contributed by atoms with Crippen LogP contribution < -0.4 is 4.74 Å². The molecule has 5 nitrogen and oxygen atoms in total. The highest BCUT2D eigenvalue weighted by Crippen LogP contribution is 2.53. The molecule has 2 aliphatic heterocycles. The molecule has 2 bridgehead atoms. The van der Waals surface area contributed by atoms with Crippen LogP contribution in [0.4, 0.5) is 8.78 Å². The molecule has 3 aliphatic rings. The lowest BCUT2D eigenvalue weighted by Crippen LogP contribution is -2.29. The summed E-state index contributed by atoms with van der Waals surface area (Å²) in [4.78, 5) is 31.8. The molecule has 0 N–H and O–H groups in total. The second kappa shape index (κ2) is 6.95. The third kappa shape index (κ3) is 2.92. The quantitative estimate of drug-likeness (QED) is 0.686. The van der Waals surface area contributed by atoms with Gasteiger partial charge in [-0.3, -0.25) is 9.59 Å². The number of ether oxygens (including phenoxy) is 2. The number of hydrogen-bond donors (Lipinski definition) is 0. The first kappa shape index (κ1) is 18.8. The lowest BCUT2D eigenvalue weighted by Gasteiger charge is -2.16. The maximum Gasteiger partial charge on any atom is 0.387 e. The number of rotatable bonds is 5. The number of benzene rings is 1. The van der Waals surface area contributed by atoms with Crippen LogP contribution >= 0.6 is 11.3 Å². The van der Waals surface area contributed by atoms with Crippen molar-refractivity contribution in [3.8, 4) is 16.3 Å². The molecule has 5 atom stereocenters. The van der Waals surface area contributed by atoms with Crippen molar-refractivity contribution in [2.45, 2.75) is 50.9 Å². The zero-order chi connectivity index (χ0) is 20.3. The van der Waals surface area contributed by atoms with E-state index < -0.39 is 12.5 Å². The summed E-state index contributed by atoms with van der Waals surface area (Å²) in [5.74, 6) is -1.50. The SMILES string of the molecule is CCc1sc(-c2ccc(OC(F)F)cc2)nc1C1C(=O)[C@@H]2[C@H](C1=O)[C@@H]1CC[C@H]2O1. The summed E-state index contributed by atoms with van der Waals surface area (Å²) in [5.41, 5.74) is 1.29. The van der Waals surface area contributed by atoms with Crippen LogP contribution in [0, 0.1) is 11.8 Å². The molecule has 1 aliphatic carbocycles. The zero-order valence-electron chi connectivity index (χ0n) is 15.6. The average molecular weight is 419 g/mol. The van der Waals surface area contributed by atoms with E-state index in [1.807, 2.05) is 6.92 Å². The average Bonchev–Trinajstić information content (AvgIpc) is 3.45. The molecule has 0 amide bonds. The van der Waals surface area contributed by atoms with E-state index in [1.54, 1.807) is 12.1 Å². The van der Waals surface area contributed by atoms with Crippen molar-refractivity contribution >= 4 is 22.9 Å². The van der Waals surface area contributed by atoms with Crippen LogP contribution in [0.5, 0.6) is 5.75 Å². The predicted octanol–water partition coefficient (Wildman–Crippen LogP) is 4.00. The predicted molar refractivity (Wildman–Crippen MR) is 101 cm³/mol. The number of carbonyl (C=O) groups is 2. The first-order valence-electron chi connectivity index (χ1n) is 9.75. The fourth-order valence-corrected chi connectivity index (χ4v) is 5.98. The molecule has 5 rings (SSSR count). The normalized spacial score (nSPS) is 30.4. The van der Waals surface area contributed by atoms with E-state index in [0.717, 1.165) is 23.3 Å². The first-order chi connectivity index (χ1) is 14.0. The molecule has 0 radical (unpaired) electrons. The van der Waals surface area contributed by atoms with Crippen molar-refractivity contribution in [1.29, 1.82) is 0 Å². The highest BCUT2D eigenvalue weighted by atomic mass is 32.1. The maximum absolute atomic E-state index is 13.1. The number of carbonyl (C=O) groups excluding carboxylic acids is 2. The van der Waals surface area contributed by atoms with Gasteiger partial charge in [0.2, 0.25) is 0 Å². The van der Waals surface area contributed by atoms with Gasteiger partial charge in [-0.15, -0.1) is 11.3 Å². The molecule has 1 saturated carbocycles. The molecule has 8 heteroatoms. The summed E-state index contributed by atoms with van der Waals surface area (Å²) in [6, 6.07) is 6.22. The van der Waals surface area contributed by atoms with Crippen LogP contribution in [0.15, 0.2) is 24.3 Å². The van der Waals surface area contributed by atoms with E-state index in [-0.39, 0.29) is 41.4 Å². The van der Waals surface area contributed by atoms with Crippen molar-refractivity contribution in [3.63, 3.8) is 0 Å². The van der Waals surface area contributed by atoms with Crippen molar-refractivity contribution in [3.05, 3.63) is 34.8 Å². The molecule has 152 valence electrons. The molecule has 29 heavy (non-hydrogen) atoms. The lowest BCUT2D eigenvalue weighted by atomic mass is 9.81. The van der Waals surface area contributed by atoms with E-state index in [4.69, 9.17) is 4.74 Å². The Bertz CT molecular complexity index is 946. The molecule has 1 aromatic carbocycles. The molecule has 1 aromatic heterocycles. The van der Waals surface area contributed by atoms with Gasteiger partial charge < -0.3 is 9.47 Å². The van der Waals surface area contributed by atoms with Crippen LogP contribution in [0.2, 0.25) is 0 Å². The number of aryl methyl sites for hydroxylation is 1. The molecule has 3 fully saturated rings. The number of aromatic nitrogens is 1. The maximum atomic E-state index is 13.1. The Hall–Kier alpha value is -2.19. The van der Waals surface area contributed by atoms with Crippen LogP contribution in [0.1, 0.15) is 36.3 Å². The van der Waals surface area contributed by atoms with Gasteiger partial charge in [0.25, 0.3) is 0 Å². The fraction of sp³-hybridized carbons (Fsp3) is 0.476.